The van der Waals surface area contributed by atoms with Crippen LogP contribution < -0.4 is 10.2 Å². The molecule has 0 saturated carbocycles. The molecule has 0 unspecified atom stereocenters. The Balaban J connectivity index is 1.60. The molecule has 0 bridgehead atoms. The van der Waals surface area contributed by atoms with E-state index < -0.39 is 41.2 Å². The van der Waals surface area contributed by atoms with Crippen molar-refractivity contribution in [1.82, 2.24) is 0 Å². The van der Waals surface area contributed by atoms with E-state index in [0.717, 1.165) is 17.0 Å². The third-order valence-corrected chi connectivity index (χ3v) is 6.03. The molecule has 3 aromatic rings. The van der Waals surface area contributed by atoms with Crippen LogP contribution in [-0.4, -0.2) is 24.2 Å². The van der Waals surface area contributed by atoms with Gasteiger partial charge in [-0.15, -0.1) is 0 Å². The second kappa shape index (κ2) is 9.02. The van der Waals surface area contributed by atoms with E-state index in [4.69, 9.17) is 11.6 Å². The highest BCUT2D eigenvalue weighted by atomic mass is 35.5. The number of rotatable bonds is 4. The predicted molar refractivity (Wildman–Crippen MR) is 118 cm³/mol. The fraction of sp³-hybridized carbons (Fsp3) is 0.167. The number of alkyl halides is 7. The largest absolute Gasteiger partial charge is 0.435 e. The van der Waals surface area contributed by atoms with Gasteiger partial charge in [0.1, 0.15) is 5.82 Å². The van der Waals surface area contributed by atoms with E-state index in [1.165, 1.54) is 0 Å². The van der Waals surface area contributed by atoms with Crippen molar-refractivity contribution in [1.29, 1.82) is 0 Å². The van der Waals surface area contributed by atoms with Crippen LogP contribution in [0.4, 0.5) is 46.5 Å². The van der Waals surface area contributed by atoms with Gasteiger partial charge in [0.05, 0.1) is 22.8 Å². The third-order valence-electron chi connectivity index (χ3n) is 5.72. The Morgan fingerprint density at radius 2 is 1.49 bits per heavy atom. The lowest BCUT2D eigenvalue weighted by atomic mass is 9.94. The number of benzene rings is 3. The third kappa shape index (κ3) is 4.50. The minimum Gasteiger partial charge on any atom is -0.322 e. The fourth-order valence-corrected chi connectivity index (χ4v) is 4.07. The fourth-order valence-electron chi connectivity index (χ4n) is 3.84. The van der Waals surface area contributed by atoms with E-state index >= 15 is 0 Å². The molecule has 0 spiro atoms. The van der Waals surface area contributed by atoms with Gasteiger partial charge in [0, 0.05) is 16.8 Å². The van der Waals surface area contributed by atoms with Gasteiger partial charge in [-0.25, -0.2) is 8.78 Å². The first-order valence-electron chi connectivity index (χ1n) is 10.3. The van der Waals surface area contributed by atoms with E-state index in [1.807, 2.05) is 0 Å². The van der Waals surface area contributed by atoms with E-state index in [-0.39, 0.29) is 40.6 Å². The summed E-state index contributed by atoms with van der Waals surface area (Å²) in [5.41, 5.74) is -7.32. The molecule has 1 N–H and O–H groups in total. The predicted octanol–water partition coefficient (Wildman–Crippen LogP) is 7.18. The van der Waals surface area contributed by atoms with Crippen LogP contribution >= 0.6 is 11.6 Å². The van der Waals surface area contributed by atoms with Crippen LogP contribution in [-0.2, 0) is 12.2 Å². The molecule has 0 fully saturated rings. The van der Waals surface area contributed by atoms with E-state index in [0.29, 0.717) is 23.3 Å². The molecule has 4 nitrogen and oxygen atoms in total. The quantitative estimate of drug-likeness (QED) is 0.351. The highest BCUT2D eigenvalue weighted by Gasteiger charge is 2.73. The number of halogens is 9. The average molecular weight is 549 g/mol. The van der Waals surface area contributed by atoms with Crippen molar-refractivity contribution in [3.63, 3.8) is 0 Å². The Morgan fingerprint density at radius 3 is 2.05 bits per heavy atom. The molecule has 0 saturated heterocycles. The Kier molecular flexibility index (Phi) is 6.43. The molecule has 0 atom stereocenters. The summed E-state index contributed by atoms with van der Waals surface area (Å²) in [4.78, 5) is 26.5. The second-order valence-electron chi connectivity index (χ2n) is 8.02. The van der Waals surface area contributed by atoms with Gasteiger partial charge in [0.2, 0.25) is 0 Å². The van der Waals surface area contributed by atoms with Crippen LogP contribution in [0.2, 0.25) is 5.02 Å². The van der Waals surface area contributed by atoms with Gasteiger partial charge in [0.25, 0.3) is 11.8 Å². The lowest BCUT2D eigenvalue weighted by molar-refractivity contribution is -0.348. The molecular weight excluding hydrogens is 536 g/mol. The van der Waals surface area contributed by atoms with E-state index in [1.54, 1.807) is 24.3 Å². The smallest absolute Gasteiger partial charge is 0.322 e. The summed E-state index contributed by atoms with van der Waals surface area (Å²) in [6.07, 6.45) is -12.6. The SMILES string of the molecule is O=C(Nc1ccc(C(F)(C(F)(F)F)C(F)(F)F)cc1)c1cc(N2Cc3ccccc3C2=O)c(F)cc1Cl. The zero-order valence-corrected chi connectivity index (χ0v) is 18.9. The van der Waals surface area contributed by atoms with Crippen LogP contribution in [0, 0.1) is 5.82 Å². The molecule has 1 aliphatic heterocycles. The summed E-state index contributed by atoms with van der Waals surface area (Å²) in [5.74, 6) is -2.45. The average Bonchev–Trinajstić information content (AvgIpc) is 3.14. The zero-order valence-electron chi connectivity index (χ0n) is 18.1. The van der Waals surface area contributed by atoms with Gasteiger partial charge in [-0.3, -0.25) is 9.59 Å². The van der Waals surface area contributed by atoms with Crippen LogP contribution in [0.1, 0.15) is 31.8 Å². The maximum atomic E-state index is 14.7. The normalized spacial score (nSPS) is 14.1. The topological polar surface area (TPSA) is 49.4 Å². The number of amides is 2. The maximum absolute atomic E-state index is 14.7. The Labute approximate surface area is 208 Å². The molecule has 2 amide bonds. The zero-order chi connectivity index (χ0) is 27.3. The standard InChI is InChI=1S/C24H13ClF8N2O2/c25-17-10-18(26)19(35-11-12-3-1-2-4-15(12)21(35)37)9-16(17)20(36)34-14-7-5-13(6-8-14)22(27,23(28,29)30)24(31,32)33/h1-10H,11H2,(H,34,36). The summed E-state index contributed by atoms with van der Waals surface area (Å²) in [7, 11) is 0. The van der Waals surface area contributed by atoms with Crippen molar-refractivity contribution in [3.05, 3.63) is 93.8 Å². The molecular formula is C24H13ClF8N2O2. The Hall–Kier alpha value is -3.67. The van der Waals surface area contributed by atoms with E-state index in [2.05, 4.69) is 5.32 Å². The van der Waals surface area contributed by atoms with Crippen LogP contribution in [0.3, 0.4) is 0 Å². The number of carbonyl (C=O) groups is 2. The molecule has 4 rings (SSSR count). The van der Waals surface area contributed by atoms with Gasteiger partial charge < -0.3 is 10.2 Å². The number of nitrogens with zero attached hydrogens (tertiary/aromatic N) is 1. The summed E-state index contributed by atoms with van der Waals surface area (Å²) in [5, 5.41) is 1.81. The van der Waals surface area contributed by atoms with Crippen molar-refractivity contribution in [2.45, 2.75) is 24.6 Å². The first-order chi connectivity index (χ1) is 17.1. The minimum atomic E-state index is -6.29. The van der Waals surface area contributed by atoms with E-state index in [9.17, 15) is 44.7 Å². The van der Waals surface area contributed by atoms with Crippen molar-refractivity contribution in [2.24, 2.45) is 0 Å². The minimum absolute atomic E-state index is 0.0134. The van der Waals surface area contributed by atoms with Gasteiger partial charge in [-0.1, -0.05) is 41.9 Å². The number of fused-ring (bicyclic) bond motifs is 1. The summed E-state index contributed by atoms with van der Waals surface area (Å²) < 4.78 is 107. The molecule has 37 heavy (non-hydrogen) atoms. The molecule has 0 radical (unpaired) electrons. The first-order valence-corrected chi connectivity index (χ1v) is 10.7. The van der Waals surface area contributed by atoms with Crippen LogP contribution in [0.15, 0.2) is 60.7 Å². The number of anilines is 2. The molecule has 194 valence electrons. The Bertz CT molecular complexity index is 1370. The number of hydrogen-bond donors (Lipinski definition) is 1. The lowest BCUT2D eigenvalue weighted by Crippen LogP contribution is -2.50. The highest BCUT2D eigenvalue weighted by Crippen LogP contribution is 2.53. The molecule has 0 aliphatic carbocycles. The van der Waals surface area contributed by atoms with Gasteiger partial charge in [-0.05, 0) is 35.9 Å². The van der Waals surface area contributed by atoms with Crippen molar-refractivity contribution < 1.29 is 44.7 Å². The lowest BCUT2D eigenvalue weighted by Gasteiger charge is -2.30. The maximum Gasteiger partial charge on any atom is 0.435 e. The Morgan fingerprint density at radius 1 is 0.892 bits per heavy atom. The molecule has 13 heteroatoms. The number of hydrogen-bond acceptors (Lipinski definition) is 2. The first kappa shape index (κ1) is 26.4. The highest BCUT2D eigenvalue weighted by molar-refractivity contribution is 6.34. The molecule has 1 aliphatic rings. The van der Waals surface area contributed by atoms with Crippen LogP contribution in [0.25, 0.3) is 0 Å². The van der Waals surface area contributed by atoms with Gasteiger partial charge in [-0.2, -0.15) is 26.3 Å². The van der Waals surface area contributed by atoms with Crippen molar-refractivity contribution >= 4 is 34.8 Å². The molecule has 0 aromatic heterocycles. The summed E-state index contributed by atoms with van der Waals surface area (Å²) in [6, 6.07) is 10.0. The summed E-state index contributed by atoms with van der Waals surface area (Å²) in [6.45, 7) is 0.0134. The second-order valence-corrected chi connectivity index (χ2v) is 8.42. The van der Waals surface area contributed by atoms with Gasteiger partial charge in [0.15, 0.2) is 0 Å². The molecule has 3 aromatic carbocycles. The summed E-state index contributed by atoms with van der Waals surface area (Å²) >= 11 is 5.98. The van der Waals surface area contributed by atoms with Crippen molar-refractivity contribution in [2.75, 3.05) is 10.2 Å². The number of carbonyl (C=O) groups excluding carboxylic acids is 2. The van der Waals surface area contributed by atoms with Crippen LogP contribution in [0.5, 0.6) is 0 Å². The van der Waals surface area contributed by atoms with Crippen molar-refractivity contribution in [3.8, 4) is 0 Å². The number of nitrogens with one attached hydrogen (secondary N) is 1. The molecule has 1 heterocycles. The van der Waals surface area contributed by atoms with Gasteiger partial charge >= 0.3 is 18.0 Å². The monoisotopic (exact) mass is 548 g/mol.